The van der Waals surface area contributed by atoms with Crippen LogP contribution in [0.4, 0.5) is 4.79 Å². The van der Waals surface area contributed by atoms with Crippen LogP contribution in [0.5, 0.6) is 11.5 Å². The first kappa shape index (κ1) is 8.39. The second kappa shape index (κ2) is 3.61. The molecule has 0 atom stereocenters. The number of methoxy groups -OCH3 is 1. The highest BCUT2D eigenvalue weighted by Crippen LogP contribution is 2.16. The van der Waals surface area contributed by atoms with Crippen LogP contribution in [0, 0.1) is 0 Å². The van der Waals surface area contributed by atoms with Crippen molar-refractivity contribution in [3.63, 3.8) is 0 Å². The van der Waals surface area contributed by atoms with Gasteiger partial charge in [0.2, 0.25) is 0 Å². The molecule has 0 saturated heterocycles. The van der Waals surface area contributed by atoms with E-state index in [4.69, 9.17) is 10.5 Å². The van der Waals surface area contributed by atoms with Gasteiger partial charge in [-0.3, -0.25) is 0 Å². The minimum absolute atomic E-state index is 0.406. The largest absolute Gasteiger partial charge is 0.497 e. The summed E-state index contributed by atoms with van der Waals surface area (Å²) in [5.74, 6) is 1.11. The molecule has 0 fully saturated rings. The van der Waals surface area contributed by atoms with Crippen LogP contribution in [0.25, 0.3) is 0 Å². The lowest BCUT2D eigenvalue weighted by Gasteiger charge is -2.01. The number of carbonyl (C=O) groups is 1. The fourth-order valence-electron chi connectivity index (χ4n) is 0.760. The van der Waals surface area contributed by atoms with Crippen LogP contribution in [0.3, 0.4) is 0 Å². The molecular weight excluding hydrogens is 158 g/mol. The van der Waals surface area contributed by atoms with Crippen LogP contribution >= 0.6 is 0 Å². The van der Waals surface area contributed by atoms with E-state index in [2.05, 4.69) is 4.74 Å². The molecule has 0 aromatic heterocycles. The van der Waals surface area contributed by atoms with Gasteiger partial charge in [-0.2, -0.15) is 0 Å². The highest BCUT2D eigenvalue weighted by atomic mass is 16.5. The van der Waals surface area contributed by atoms with Crippen molar-refractivity contribution in [3.8, 4) is 11.5 Å². The summed E-state index contributed by atoms with van der Waals surface area (Å²) in [6.45, 7) is 0. The third kappa shape index (κ3) is 2.16. The number of primary amides is 1. The highest BCUT2D eigenvalue weighted by molar-refractivity contribution is 5.68. The fourth-order valence-corrected chi connectivity index (χ4v) is 0.760. The monoisotopic (exact) mass is 167 g/mol. The second-order valence-corrected chi connectivity index (χ2v) is 2.10. The molecule has 1 rings (SSSR count). The lowest BCUT2D eigenvalue weighted by Crippen LogP contribution is -2.16. The van der Waals surface area contributed by atoms with E-state index in [1.165, 1.54) is 0 Å². The fraction of sp³-hybridized carbons (Fsp3) is 0.125. The summed E-state index contributed by atoms with van der Waals surface area (Å²) in [6.07, 6.45) is -0.819. The summed E-state index contributed by atoms with van der Waals surface area (Å²) in [5, 5.41) is 0. The van der Waals surface area contributed by atoms with E-state index in [-0.39, 0.29) is 0 Å². The van der Waals surface area contributed by atoms with E-state index in [1.54, 1.807) is 31.4 Å². The van der Waals surface area contributed by atoms with Crippen molar-refractivity contribution in [2.45, 2.75) is 0 Å². The van der Waals surface area contributed by atoms with Crippen LogP contribution in [0.1, 0.15) is 0 Å². The molecule has 0 radical (unpaired) electrons. The van der Waals surface area contributed by atoms with Gasteiger partial charge in [0.15, 0.2) is 0 Å². The van der Waals surface area contributed by atoms with Gasteiger partial charge in [-0.25, -0.2) is 4.79 Å². The number of carbonyl (C=O) groups excluding carboxylic acids is 1. The summed E-state index contributed by atoms with van der Waals surface area (Å²) in [7, 11) is 1.56. The SMILES string of the molecule is COc1ccc(OC(N)=O)cc1. The minimum atomic E-state index is -0.819. The van der Waals surface area contributed by atoms with E-state index in [1.807, 2.05) is 0 Å². The molecule has 0 heterocycles. The standard InChI is InChI=1S/C8H9NO3/c1-11-6-2-4-7(5-3-6)12-8(9)10/h2-5H,1H3,(H2,9,10). The molecule has 0 unspecified atom stereocenters. The van der Waals surface area contributed by atoms with E-state index < -0.39 is 6.09 Å². The van der Waals surface area contributed by atoms with Crippen LogP contribution in [-0.4, -0.2) is 13.2 Å². The first-order valence-corrected chi connectivity index (χ1v) is 3.33. The zero-order valence-electron chi connectivity index (χ0n) is 6.61. The van der Waals surface area contributed by atoms with E-state index >= 15 is 0 Å². The van der Waals surface area contributed by atoms with Crippen molar-refractivity contribution in [3.05, 3.63) is 24.3 Å². The molecular formula is C8H9NO3. The van der Waals surface area contributed by atoms with Crippen molar-refractivity contribution in [2.24, 2.45) is 5.73 Å². The number of benzene rings is 1. The maximum atomic E-state index is 10.3. The van der Waals surface area contributed by atoms with Crippen molar-refractivity contribution < 1.29 is 14.3 Å². The molecule has 0 spiro atoms. The van der Waals surface area contributed by atoms with Gasteiger partial charge in [-0.05, 0) is 24.3 Å². The van der Waals surface area contributed by atoms with Gasteiger partial charge in [0.05, 0.1) is 7.11 Å². The van der Waals surface area contributed by atoms with Crippen LogP contribution in [0.15, 0.2) is 24.3 Å². The maximum absolute atomic E-state index is 10.3. The van der Waals surface area contributed by atoms with Gasteiger partial charge in [0, 0.05) is 0 Å². The lowest BCUT2D eigenvalue weighted by atomic mass is 10.3. The zero-order valence-corrected chi connectivity index (χ0v) is 6.61. The molecule has 2 N–H and O–H groups in total. The summed E-state index contributed by atoms with van der Waals surface area (Å²) in [5.41, 5.74) is 4.80. The van der Waals surface area contributed by atoms with Gasteiger partial charge >= 0.3 is 6.09 Å². The summed E-state index contributed by atoms with van der Waals surface area (Å²) in [4.78, 5) is 10.3. The summed E-state index contributed by atoms with van der Waals surface area (Å²) < 4.78 is 9.50. The quantitative estimate of drug-likeness (QED) is 0.718. The molecule has 0 aliphatic rings. The smallest absolute Gasteiger partial charge is 0.409 e. The van der Waals surface area contributed by atoms with E-state index in [0.29, 0.717) is 11.5 Å². The Morgan fingerprint density at radius 3 is 2.17 bits per heavy atom. The Morgan fingerprint density at radius 1 is 1.25 bits per heavy atom. The third-order valence-corrected chi connectivity index (χ3v) is 1.28. The number of hydrogen-bond acceptors (Lipinski definition) is 3. The second-order valence-electron chi connectivity index (χ2n) is 2.10. The Bertz CT molecular complexity index is 268. The number of hydrogen-bond donors (Lipinski definition) is 1. The molecule has 64 valence electrons. The summed E-state index contributed by atoms with van der Waals surface area (Å²) in [6, 6.07) is 6.56. The van der Waals surface area contributed by atoms with Crippen molar-refractivity contribution in [2.75, 3.05) is 7.11 Å². The van der Waals surface area contributed by atoms with E-state index in [0.717, 1.165) is 0 Å². The molecule has 0 aliphatic heterocycles. The highest BCUT2D eigenvalue weighted by Gasteiger charge is 1.97. The van der Waals surface area contributed by atoms with Crippen molar-refractivity contribution >= 4 is 6.09 Å². The Kier molecular flexibility index (Phi) is 2.53. The molecule has 1 aromatic carbocycles. The lowest BCUT2D eigenvalue weighted by molar-refractivity contribution is 0.211. The zero-order chi connectivity index (χ0) is 8.97. The number of amides is 1. The normalized spacial score (nSPS) is 9.08. The molecule has 4 heteroatoms. The van der Waals surface area contributed by atoms with Crippen molar-refractivity contribution in [1.82, 2.24) is 0 Å². The Labute approximate surface area is 69.9 Å². The van der Waals surface area contributed by atoms with Crippen LogP contribution < -0.4 is 15.2 Å². The summed E-state index contributed by atoms with van der Waals surface area (Å²) >= 11 is 0. The van der Waals surface area contributed by atoms with E-state index in [9.17, 15) is 4.79 Å². The number of nitrogens with two attached hydrogens (primary N) is 1. The molecule has 0 bridgehead atoms. The number of ether oxygens (including phenoxy) is 2. The first-order valence-electron chi connectivity index (χ1n) is 3.33. The minimum Gasteiger partial charge on any atom is -0.497 e. The predicted octanol–water partition coefficient (Wildman–Crippen LogP) is 1.15. The van der Waals surface area contributed by atoms with Gasteiger partial charge in [-0.15, -0.1) is 0 Å². The topological polar surface area (TPSA) is 61.6 Å². The van der Waals surface area contributed by atoms with Gasteiger partial charge in [0.25, 0.3) is 0 Å². The Hall–Kier alpha value is -1.71. The molecule has 0 aliphatic carbocycles. The van der Waals surface area contributed by atoms with Crippen LogP contribution in [0.2, 0.25) is 0 Å². The Morgan fingerprint density at radius 2 is 1.75 bits per heavy atom. The molecule has 12 heavy (non-hydrogen) atoms. The van der Waals surface area contributed by atoms with Crippen LogP contribution in [-0.2, 0) is 0 Å². The van der Waals surface area contributed by atoms with Gasteiger partial charge in [-0.1, -0.05) is 0 Å². The Balaban J connectivity index is 2.71. The molecule has 1 amide bonds. The average Bonchev–Trinajstić information content (AvgIpc) is 2.05. The van der Waals surface area contributed by atoms with Crippen molar-refractivity contribution in [1.29, 1.82) is 0 Å². The first-order chi connectivity index (χ1) is 5.72. The van der Waals surface area contributed by atoms with Gasteiger partial charge in [0.1, 0.15) is 11.5 Å². The predicted molar refractivity (Wildman–Crippen MR) is 43.2 cm³/mol. The average molecular weight is 167 g/mol. The molecule has 1 aromatic rings. The van der Waals surface area contributed by atoms with Gasteiger partial charge < -0.3 is 15.2 Å². The molecule has 0 saturated carbocycles. The maximum Gasteiger partial charge on any atom is 0.409 e. The number of rotatable bonds is 2. The third-order valence-electron chi connectivity index (χ3n) is 1.28. The molecule has 4 nitrogen and oxygen atoms in total.